The van der Waals surface area contributed by atoms with Crippen LogP contribution < -0.4 is 10.6 Å². The molecule has 0 spiro atoms. The summed E-state index contributed by atoms with van der Waals surface area (Å²) in [6.07, 6.45) is 1.59. The van der Waals surface area contributed by atoms with Crippen LogP contribution in [0.2, 0.25) is 0 Å². The first kappa shape index (κ1) is 19.5. The fourth-order valence-corrected chi connectivity index (χ4v) is 1.53. The van der Waals surface area contributed by atoms with E-state index in [0.717, 1.165) is 0 Å². The molecule has 120 valence electrons. The third kappa shape index (κ3) is 9.13. The van der Waals surface area contributed by atoms with E-state index in [1.165, 1.54) is 7.11 Å². The van der Waals surface area contributed by atoms with E-state index in [4.69, 9.17) is 0 Å². The number of nitrogens with one attached hydrogen (secondary N) is 2. The van der Waals surface area contributed by atoms with E-state index in [1.807, 2.05) is 9.24 Å². The van der Waals surface area contributed by atoms with Crippen LogP contribution in [0.5, 0.6) is 0 Å². The smallest absolute Gasteiger partial charge is 0.305 e. The molecule has 0 aromatic rings. The van der Waals surface area contributed by atoms with Crippen molar-refractivity contribution in [1.82, 2.24) is 10.6 Å². The van der Waals surface area contributed by atoms with Gasteiger partial charge in [0.05, 0.1) is 13.2 Å². The average molecular weight is 318 g/mol. The third-order valence-electron chi connectivity index (χ3n) is 2.82. The van der Waals surface area contributed by atoms with Crippen LogP contribution in [0.1, 0.15) is 39.5 Å². The molecule has 21 heavy (non-hydrogen) atoms. The standard InChI is InChI=1S/C13H23N2O5P/c1-8(12(18)15-9(2)13(19)21)14-10(16)6-4-5-7-11(17)20-3/h8-9H,4-7,21H2,1-3H3,(H,14,16)(H,15,18). The summed E-state index contributed by atoms with van der Waals surface area (Å²) in [7, 11) is 3.31. The topological polar surface area (TPSA) is 102 Å². The van der Waals surface area contributed by atoms with Crippen LogP contribution >= 0.6 is 9.24 Å². The number of rotatable bonds is 9. The second-order valence-corrected chi connectivity index (χ2v) is 5.27. The molecule has 0 aliphatic carbocycles. The van der Waals surface area contributed by atoms with Crippen LogP contribution in [0.4, 0.5) is 0 Å². The lowest BCUT2D eigenvalue weighted by atomic mass is 10.2. The van der Waals surface area contributed by atoms with Gasteiger partial charge in [0, 0.05) is 12.8 Å². The van der Waals surface area contributed by atoms with E-state index in [-0.39, 0.29) is 30.2 Å². The molecular formula is C13H23N2O5P. The van der Waals surface area contributed by atoms with Gasteiger partial charge in [-0.2, -0.15) is 0 Å². The summed E-state index contributed by atoms with van der Waals surface area (Å²) < 4.78 is 4.49. The number of carbonyl (C=O) groups is 4. The zero-order valence-corrected chi connectivity index (χ0v) is 13.8. The third-order valence-corrected chi connectivity index (χ3v) is 3.32. The molecule has 0 bridgehead atoms. The number of methoxy groups -OCH3 is 1. The highest BCUT2D eigenvalue weighted by atomic mass is 31.0. The first-order chi connectivity index (χ1) is 9.77. The van der Waals surface area contributed by atoms with Crippen LogP contribution in [0.15, 0.2) is 0 Å². The molecule has 3 unspecified atom stereocenters. The maximum atomic E-state index is 11.7. The molecule has 0 aromatic carbocycles. The number of unbranched alkanes of at least 4 members (excludes halogenated alkanes) is 1. The molecule has 0 heterocycles. The summed E-state index contributed by atoms with van der Waals surface area (Å²) in [5.41, 5.74) is -0.232. The zero-order valence-electron chi connectivity index (χ0n) is 12.6. The van der Waals surface area contributed by atoms with Gasteiger partial charge in [0.25, 0.3) is 0 Å². The summed E-state index contributed by atoms with van der Waals surface area (Å²) >= 11 is 0. The molecule has 2 N–H and O–H groups in total. The number of ether oxygens (including phenoxy) is 1. The molecule has 0 saturated carbocycles. The van der Waals surface area contributed by atoms with Crippen molar-refractivity contribution in [3.63, 3.8) is 0 Å². The molecule has 0 aliphatic rings. The summed E-state index contributed by atoms with van der Waals surface area (Å²) in [5, 5.41) is 5.03. The summed E-state index contributed by atoms with van der Waals surface area (Å²) in [5.74, 6) is -0.993. The quantitative estimate of drug-likeness (QED) is 0.357. The molecule has 7 nitrogen and oxygen atoms in total. The highest BCUT2D eigenvalue weighted by Crippen LogP contribution is 2.01. The normalized spacial score (nSPS) is 13.0. The van der Waals surface area contributed by atoms with Crippen molar-refractivity contribution in [2.24, 2.45) is 0 Å². The Morgan fingerprint density at radius 3 is 2.10 bits per heavy atom. The van der Waals surface area contributed by atoms with Crippen molar-refractivity contribution in [1.29, 1.82) is 0 Å². The first-order valence-electron chi connectivity index (χ1n) is 6.73. The fourth-order valence-electron chi connectivity index (χ4n) is 1.45. The van der Waals surface area contributed by atoms with Crippen molar-refractivity contribution in [3.05, 3.63) is 0 Å². The van der Waals surface area contributed by atoms with Crippen LogP contribution in [0.25, 0.3) is 0 Å². The molecule has 0 fully saturated rings. The lowest BCUT2D eigenvalue weighted by Crippen LogP contribution is -2.48. The Hall–Kier alpha value is -1.49. The van der Waals surface area contributed by atoms with Gasteiger partial charge in [-0.15, -0.1) is 0 Å². The van der Waals surface area contributed by atoms with E-state index in [9.17, 15) is 19.2 Å². The maximum Gasteiger partial charge on any atom is 0.305 e. The van der Waals surface area contributed by atoms with Crippen molar-refractivity contribution < 1.29 is 23.9 Å². The number of carbonyl (C=O) groups excluding carboxylic acids is 4. The lowest BCUT2D eigenvalue weighted by molar-refractivity contribution is -0.140. The second kappa shape index (κ2) is 10.3. The van der Waals surface area contributed by atoms with Crippen molar-refractivity contribution >= 4 is 32.5 Å². The fraction of sp³-hybridized carbons (Fsp3) is 0.692. The predicted octanol–water partition coefficient (Wildman–Crippen LogP) is 0.131. The van der Waals surface area contributed by atoms with Gasteiger partial charge in [0.15, 0.2) is 5.52 Å². The molecule has 0 rings (SSSR count). The van der Waals surface area contributed by atoms with Crippen LogP contribution in [-0.4, -0.2) is 42.5 Å². The minimum atomic E-state index is -0.718. The SMILES string of the molecule is COC(=O)CCCCC(=O)NC(C)C(=O)NC(C)C(=O)P. The van der Waals surface area contributed by atoms with E-state index in [1.54, 1.807) is 13.8 Å². The molecule has 2 amide bonds. The largest absolute Gasteiger partial charge is 0.469 e. The van der Waals surface area contributed by atoms with Crippen molar-refractivity contribution in [2.75, 3.05) is 7.11 Å². The van der Waals surface area contributed by atoms with Gasteiger partial charge in [-0.05, 0) is 26.7 Å². The van der Waals surface area contributed by atoms with Gasteiger partial charge in [0.1, 0.15) is 6.04 Å². The predicted molar refractivity (Wildman–Crippen MR) is 80.4 cm³/mol. The summed E-state index contributed by atoms with van der Waals surface area (Å²) in [6.45, 7) is 3.11. The number of esters is 1. The van der Waals surface area contributed by atoms with Crippen LogP contribution in [0, 0.1) is 0 Å². The Bertz CT molecular complexity index is 400. The molecule has 3 atom stereocenters. The van der Waals surface area contributed by atoms with Crippen molar-refractivity contribution in [3.8, 4) is 0 Å². The van der Waals surface area contributed by atoms with Crippen molar-refractivity contribution in [2.45, 2.75) is 51.6 Å². The van der Waals surface area contributed by atoms with Crippen LogP contribution in [-0.2, 0) is 23.9 Å². The average Bonchev–Trinajstić information content (AvgIpc) is 2.42. The molecule has 8 heteroatoms. The Labute approximate surface area is 126 Å². The van der Waals surface area contributed by atoms with Gasteiger partial charge in [-0.1, -0.05) is 9.24 Å². The lowest BCUT2D eigenvalue weighted by Gasteiger charge is -2.16. The minimum absolute atomic E-state index is 0.229. The number of hydrogen-bond acceptors (Lipinski definition) is 5. The van der Waals surface area contributed by atoms with E-state index in [2.05, 4.69) is 15.4 Å². The van der Waals surface area contributed by atoms with Gasteiger partial charge < -0.3 is 15.4 Å². The van der Waals surface area contributed by atoms with E-state index in [0.29, 0.717) is 12.8 Å². The van der Waals surface area contributed by atoms with Crippen LogP contribution in [0.3, 0.4) is 0 Å². The monoisotopic (exact) mass is 318 g/mol. The summed E-state index contributed by atoms with van der Waals surface area (Å²) in [4.78, 5) is 45.2. The number of hydrogen-bond donors (Lipinski definition) is 2. The van der Waals surface area contributed by atoms with Gasteiger partial charge >= 0.3 is 5.97 Å². The molecule has 0 saturated heterocycles. The highest BCUT2D eigenvalue weighted by Gasteiger charge is 2.18. The Morgan fingerprint density at radius 2 is 1.57 bits per heavy atom. The Morgan fingerprint density at radius 1 is 1.00 bits per heavy atom. The molecular weight excluding hydrogens is 295 g/mol. The maximum absolute atomic E-state index is 11.7. The van der Waals surface area contributed by atoms with E-state index < -0.39 is 18.0 Å². The number of amides is 2. The zero-order chi connectivity index (χ0) is 16.4. The molecule has 0 radical (unpaired) electrons. The Balaban J connectivity index is 3.95. The van der Waals surface area contributed by atoms with Gasteiger partial charge in [-0.25, -0.2) is 0 Å². The van der Waals surface area contributed by atoms with Gasteiger partial charge in [-0.3, -0.25) is 19.2 Å². The molecule has 0 aliphatic heterocycles. The molecule has 0 aromatic heterocycles. The summed E-state index contributed by atoms with van der Waals surface area (Å²) in [6, 6.07) is -1.33. The second-order valence-electron chi connectivity index (χ2n) is 4.71. The highest BCUT2D eigenvalue weighted by molar-refractivity contribution is 7.40. The minimum Gasteiger partial charge on any atom is -0.469 e. The first-order valence-corrected chi connectivity index (χ1v) is 7.31. The Kier molecular flexibility index (Phi) is 9.54. The van der Waals surface area contributed by atoms with Gasteiger partial charge in [0.2, 0.25) is 11.8 Å². The van der Waals surface area contributed by atoms with E-state index >= 15 is 0 Å².